The second kappa shape index (κ2) is 9.35. The molecule has 2 aromatic rings. The van der Waals surface area contributed by atoms with Gasteiger partial charge < -0.3 is 10.4 Å². The zero-order valence-corrected chi connectivity index (χ0v) is 15.6. The van der Waals surface area contributed by atoms with E-state index >= 15 is 0 Å². The second-order valence-corrected chi connectivity index (χ2v) is 7.70. The first-order valence-corrected chi connectivity index (χ1v) is 10.1. The lowest BCUT2D eigenvalue weighted by Crippen LogP contribution is -2.26. The maximum Gasteiger partial charge on any atom is 0.335 e. The average molecular weight is 376 g/mol. The monoisotopic (exact) mass is 376 g/mol. The molecule has 0 bridgehead atoms. The Bertz CT molecular complexity index is 836. The molecule has 0 radical (unpaired) electrons. The summed E-state index contributed by atoms with van der Waals surface area (Å²) in [4.78, 5) is 11.2. The fraction of sp³-hybridized carbons (Fsp3) is 0.316. The van der Waals surface area contributed by atoms with Crippen molar-refractivity contribution in [3.05, 3.63) is 59.7 Å². The average Bonchev–Trinajstić information content (AvgIpc) is 2.64. The molecule has 0 heterocycles. The van der Waals surface area contributed by atoms with Crippen LogP contribution in [-0.2, 0) is 16.6 Å². The third kappa shape index (κ3) is 5.57. The normalized spacial score (nSPS) is 11.3. The van der Waals surface area contributed by atoms with Crippen LogP contribution in [0.3, 0.4) is 0 Å². The van der Waals surface area contributed by atoms with E-state index in [1.807, 2.05) is 37.3 Å². The molecular formula is C19H24N2O4S. The lowest BCUT2D eigenvalue weighted by atomic mass is 10.2. The first-order chi connectivity index (χ1) is 12.4. The molecule has 3 N–H and O–H groups in total. The van der Waals surface area contributed by atoms with E-state index in [4.69, 9.17) is 0 Å². The molecule has 0 fully saturated rings. The summed E-state index contributed by atoms with van der Waals surface area (Å²) < 4.78 is 27.9. The van der Waals surface area contributed by atoms with Crippen LogP contribution < -0.4 is 10.0 Å². The smallest absolute Gasteiger partial charge is 0.335 e. The number of rotatable bonds is 10. The summed E-state index contributed by atoms with van der Waals surface area (Å²) in [5, 5.41) is 12.3. The second-order valence-electron chi connectivity index (χ2n) is 5.96. The van der Waals surface area contributed by atoms with Crippen molar-refractivity contribution in [2.45, 2.75) is 37.6 Å². The van der Waals surface area contributed by atoms with Crippen molar-refractivity contribution in [3.8, 4) is 0 Å². The van der Waals surface area contributed by atoms with E-state index in [0.29, 0.717) is 18.8 Å². The number of carbonyl (C=O) groups is 1. The van der Waals surface area contributed by atoms with Crippen LogP contribution in [0.4, 0.5) is 5.69 Å². The number of unbranched alkanes of at least 4 members (excludes halogenated alkanes) is 2. The molecular weight excluding hydrogens is 352 g/mol. The van der Waals surface area contributed by atoms with E-state index in [0.717, 1.165) is 24.8 Å². The van der Waals surface area contributed by atoms with E-state index in [1.54, 1.807) is 0 Å². The van der Waals surface area contributed by atoms with Crippen LogP contribution in [0.25, 0.3) is 0 Å². The Labute approximate surface area is 154 Å². The third-order valence-electron chi connectivity index (χ3n) is 3.92. The van der Waals surface area contributed by atoms with Crippen molar-refractivity contribution >= 4 is 21.7 Å². The highest BCUT2D eigenvalue weighted by molar-refractivity contribution is 7.89. The number of sulfonamides is 1. The van der Waals surface area contributed by atoms with Gasteiger partial charge in [0.15, 0.2) is 0 Å². The Hall–Kier alpha value is -2.38. The minimum atomic E-state index is -3.81. The lowest BCUT2D eigenvalue weighted by Gasteiger charge is -2.14. The van der Waals surface area contributed by atoms with Crippen LogP contribution in [0.2, 0.25) is 0 Å². The van der Waals surface area contributed by atoms with Gasteiger partial charge in [-0.25, -0.2) is 17.9 Å². The predicted octanol–water partition coefficient (Wildman–Crippen LogP) is 3.47. The first kappa shape index (κ1) is 19.9. The number of benzene rings is 2. The number of nitrogens with one attached hydrogen (secondary N) is 2. The Kier molecular flexibility index (Phi) is 7.17. The van der Waals surface area contributed by atoms with Gasteiger partial charge in [-0.15, -0.1) is 0 Å². The topological polar surface area (TPSA) is 95.5 Å². The van der Waals surface area contributed by atoms with Crippen molar-refractivity contribution in [1.82, 2.24) is 4.72 Å². The summed E-state index contributed by atoms with van der Waals surface area (Å²) in [5.74, 6) is -1.16. The molecule has 2 aromatic carbocycles. The Morgan fingerprint density at radius 1 is 1.08 bits per heavy atom. The van der Waals surface area contributed by atoms with Gasteiger partial charge in [-0.2, -0.15) is 0 Å². The van der Waals surface area contributed by atoms with Crippen molar-refractivity contribution < 1.29 is 18.3 Å². The van der Waals surface area contributed by atoms with Crippen molar-refractivity contribution in [2.75, 3.05) is 11.9 Å². The molecule has 0 amide bonds. The van der Waals surface area contributed by atoms with Crippen LogP contribution in [0, 0.1) is 0 Å². The highest BCUT2D eigenvalue weighted by atomic mass is 32.2. The highest BCUT2D eigenvalue weighted by Crippen LogP contribution is 2.24. The largest absolute Gasteiger partial charge is 0.478 e. The van der Waals surface area contributed by atoms with Crippen LogP contribution in [-0.4, -0.2) is 26.0 Å². The van der Waals surface area contributed by atoms with Crippen LogP contribution in [0.15, 0.2) is 53.4 Å². The van der Waals surface area contributed by atoms with Crippen LogP contribution >= 0.6 is 0 Å². The van der Waals surface area contributed by atoms with E-state index in [9.17, 15) is 18.3 Å². The standard InChI is InChI=1S/C19H24N2O4S/c1-2-3-7-12-21-26(24,25)18-13-16(19(22)23)10-11-17(18)20-14-15-8-5-4-6-9-15/h4-6,8-11,13,20-21H,2-3,7,12,14H2,1H3,(H,22,23). The van der Waals surface area contributed by atoms with Gasteiger partial charge >= 0.3 is 5.97 Å². The number of aromatic carboxylic acids is 1. The van der Waals surface area contributed by atoms with Gasteiger partial charge in [-0.3, -0.25) is 0 Å². The summed E-state index contributed by atoms with van der Waals surface area (Å²) >= 11 is 0. The zero-order chi connectivity index (χ0) is 19.0. The number of hydrogen-bond donors (Lipinski definition) is 3. The first-order valence-electron chi connectivity index (χ1n) is 8.59. The molecule has 6 nitrogen and oxygen atoms in total. The molecule has 140 valence electrons. The number of carboxylic acid groups (broad SMARTS) is 1. The summed E-state index contributed by atoms with van der Waals surface area (Å²) in [6.07, 6.45) is 2.65. The minimum Gasteiger partial charge on any atom is -0.478 e. The maximum absolute atomic E-state index is 12.7. The summed E-state index contributed by atoms with van der Waals surface area (Å²) in [5.41, 5.74) is 1.31. The van der Waals surface area contributed by atoms with Crippen LogP contribution in [0.5, 0.6) is 0 Å². The van der Waals surface area contributed by atoms with Crippen molar-refractivity contribution in [1.29, 1.82) is 0 Å². The van der Waals surface area contributed by atoms with Gasteiger partial charge in [-0.05, 0) is 30.2 Å². The molecule has 0 saturated carbocycles. The zero-order valence-electron chi connectivity index (χ0n) is 14.7. The molecule has 7 heteroatoms. The lowest BCUT2D eigenvalue weighted by molar-refractivity contribution is 0.0696. The van der Waals surface area contributed by atoms with Gasteiger partial charge in [0.05, 0.1) is 11.3 Å². The molecule has 0 aromatic heterocycles. The van der Waals surface area contributed by atoms with Gasteiger partial charge in [0.2, 0.25) is 10.0 Å². The van der Waals surface area contributed by atoms with Gasteiger partial charge in [0.25, 0.3) is 0 Å². The van der Waals surface area contributed by atoms with E-state index in [2.05, 4.69) is 10.0 Å². The fourth-order valence-electron chi connectivity index (χ4n) is 2.48. The van der Waals surface area contributed by atoms with E-state index in [1.165, 1.54) is 18.2 Å². The molecule has 26 heavy (non-hydrogen) atoms. The van der Waals surface area contributed by atoms with Gasteiger partial charge in [-0.1, -0.05) is 50.1 Å². The SMILES string of the molecule is CCCCCNS(=O)(=O)c1cc(C(=O)O)ccc1NCc1ccccc1. The highest BCUT2D eigenvalue weighted by Gasteiger charge is 2.20. The minimum absolute atomic E-state index is 0.0511. The molecule has 0 saturated heterocycles. The molecule has 0 aliphatic rings. The molecule has 0 atom stereocenters. The Morgan fingerprint density at radius 2 is 1.81 bits per heavy atom. The van der Waals surface area contributed by atoms with Gasteiger partial charge in [0.1, 0.15) is 4.90 Å². The molecule has 0 aliphatic heterocycles. The Morgan fingerprint density at radius 3 is 2.46 bits per heavy atom. The molecule has 0 spiro atoms. The van der Waals surface area contributed by atoms with E-state index < -0.39 is 16.0 Å². The number of hydrogen-bond acceptors (Lipinski definition) is 4. The van der Waals surface area contributed by atoms with Gasteiger partial charge in [0, 0.05) is 13.1 Å². The number of carboxylic acids is 1. The van der Waals surface area contributed by atoms with Crippen LogP contribution in [0.1, 0.15) is 42.1 Å². The quantitative estimate of drug-likeness (QED) is 0.552. The molecule has 2 rings (SSSR count). The third-order valence-corrected chi connectivity index (χ3v) is 5.42. The summed E-state index contributed by atoms with van der Waals surface area (Å²) in [6, 6.07) is 13.6. The van der Waals surface area contributed by atoms with E-state index in [-0.39, 0.29) is 10.5 Å². The molecule has 0 unspecified atom stereocenters. The molecule has 0 aliphatic carbocycles. The summed E-state index contributed by atoms with van der Waals surface area (Å²) in [7, 11) is -3.81. The summed E-state index contributed by atoms with van der Waals surface area (Å²) in [6.45, 7) is 2.80. The predicted molar refractivity (Wildman–Crippen MR) is 102 cm³/mol. The fourth-order valence-corrected chi connectivity index (χ4v) is 3.76. The van der Waals surface area contributed by atoms with Crippen molar-refractivity contribution in [2.24, 2.45) is 0 Å². The maximum atomic E-state index is 12.7. The Balaban J connectivity index is 2.25. The number of anilines is 1. The van der Waals surface area contributed by atoms with Crippen molar-refractivity contribution in [3.63, 3.8) is 0 Å².